The zero-order chi connectivity index (χ0) is 10.6. The fourth-order valence-corrected chi connectivity index (χ4v) is 1.04. The van der Waals surface area contributed by atoms with E-state index >= 15 is 0 Å². The summed E-state index contributed by atoms with van der Waals surface area (Å²) in [6.07, 6.45) is 2.01. The van der Waals surface area contributed by atoms with Gasteiger partial charge in [0.1, 0.15) is 0 Å². The van der Waals surface area contributed by atoms with Gasteiger partial charge in [0.2, 0.25) is 0 Å². The molecule has 0 atom stereocenters. The third-order valence-electron chi connectivity index (χ3n) is 1.79. The normalized spacial score (nSPS) is 9.93. The number of amides is 2. The van der Waals surface area contributed by atoms with Crippen molar-refractivity contribution in [3.8, 4) is 0 Å². The average Bonchev–Trinajstić information content (AvgIpc) is 2.53. The number of nitrogens with zero attached hydrogens (tertiary/aromatic N) is 2. The van der Waals surface area contributed by atoms with Gasteiger partial charge in [-0.25, -0.2) is 4.79 Å². The average molecular weight is 196 g/mol. The van der Waals surface area contributed by atoms with Gasteiger partial charge in [0, 0.05) is 25.9 Å². The van der Waals surface area contributed by atoms with Gasteiger partial charge in [-0.1, -0.05) is 13.3 Å². The van der Waals surface area contributed by atoms with Crippen LogP contribution in [0.3, 0.4) is 0 Å². The summed E-state index contributed by atoms with van der Waals surface area (Å²) in [5, 5.41) is 9.51. The largest absolute Gasteiger partial charge is 0.331 e. The Balaban J connectivity index is 2.55. The predicted octanol–water partition coefficient (Wildman–Crippen LogP) is 1.46. The maximum absolute atomic E-state index is 11.2. The molecular formula is C9H16N4O. The minimum Gasteiger partial charge on any atom is -0.331 e. The summed E-state index contributed by atoms with van der Waals surface area (Å²) in [4.78, 5) is 12.7. The Hall–Kier alpha value is -1.52. The van der Waals surface area contributed by atoms with E-state index in [-0.39, 0.29) is 6.03 Å². The van der Waals surface area contributed by atoms with Crippen LogP contribution in [-0.2, 0) is 6.42 Å². The Bertz CT molecular complexity index is 306. The molecule has 14 heavy (non-hydrogen) atoms. The van der Waals surface area contributed by atoms with E-state index in [0.717, 1.165) is 18.5 Å². The fourth-order valence-electron chi connectivity index (χ4n) is 1.04. The molecule has 0 saturated carbocycles. The lowest BCUT2D eigenvalue weighted by Crippen LogP contribution is -2.27. The molecule has 0 bridgehead atoms. The second-order valence-electron chi connectivity index (χ2n) is 3.35. The summed E-state index contributed by atoms with van der Waals surface area (Å²) < 4.78 is 0. The van der Waals surface area contributed by atoms with Crippen molar-refractivity contribution >= 4 is 11.8 Å². The number of hydrogen-bond acceptors (Lipinski definition) is 2. The van der Waals surface area contributed by atoms with Crippen molar-refractivity contribution in [2.24, 2.45) is 0 Å². The summed E-state index contributed by atoms with van der Waals surface area (Å²) in [6, 6.07) is 1.68. The Morgan fingerprint density at radius 2 is 2.36 bits per heavy atom. The molecule has 0 radical (unpaired) electrons. The van der Waals surface area contributed by atoms with Crippen LogP contribution in [0.25, 0.3) is 0 Å². The number of H-pyrrole nitrogens is 1. The van der Waals surface area contributed by atoms with Crippen LogP contribution in [0.4, 0.5) is 10.6 Å². The van der Waals surface area contributed by atoms with Crippen molar-refractivity contribution in [1.82, 2.24) is 15.1 Å². The van der Waals surface area contributed by atoms with Crippen molar-refractivity contribution in [2.45, 2.75) is 19.8 Å². The van der Waals surface area contributed by atoms with Gasteiger partial charge >= 0.3 is 6.03 Å². The van der Waals surface area contributed by atoms with E-state index < -0.39 is 0 Å². The number of carbonyl (C=O) groups excluding carboxylic acids is 1. The summed E-state index contributed by atoms with van der Waals surface area (Å²) in [5.74, 6) is 0.576. The number of urea groups is 1. The second-order valence-corrected chi connectivity index (χ2v) is 3.35. The van der Waals surface area contributed by atoms with Crippen LogP contribution in [0.2, 0.25) is 0 Å². The molecule has 0 unspecified atom stereocenters. The number of carbonyl (C=O) groups is 1. The van der Waals surface area contributed by atoms with Crippen LogP contribution in [0, 0.1) is 0 Å². The van der Waals surface area contributed by atoms with E-state index in [4.69, 9.17) is 0 Å². The van der Waals surface area contributed by atoms with Gasteiger partial charge in [0.05, 0.1) is 0 Å². The first-order valence-electron chi connectivity index (χ1n) is 4.66. The highest BCUT2D eigenvalue weighted by Crippen LogP contribution is 2.07. The lowest BCUT2D eigenvalue weighted by atomic mass is 10.2. The van der Waals surface area contributed by atoms with Crippen LogP contribution in [-0.4, -0.2) is 35.2 Å². The lowest BCUT2D eigenvalue weighted by Gasteiger charge is -2.09. The molecule has 0 saturated heterocycles. The quantitative estimate of drug-likeness (QED) is 0.768. The van der Waals surface area contributed by atoms with Crippen LogP contribution in [0.1, 0.15) is 19.0 Å². The highest BCUT2D eigenvalue weighted by Gasteiger charge is 2.06. The Kier molecular flexibility index (Phi) is 3.50. The number of rotatable bonds is 3. The smallest absolute Gasteiger partial charge is 0.322 e. The third kappa shape index (κ3) is 2.76. The molecule has 0 fully saturated rings. The monoisotopic (exact) mass is 196 g/mol. The van der Waals surface area contributed by atoms with Crippen molar-refractivity contribution in [2.75, 3.05) is 19.4 Å². The molecule has 1 aromatic rings. The molecule has 78 valence electrons. The van der Waals surface area contributed by atoms with Gasteiger partial charge < -0.3 is 4.90 Å². The summed E-state index contributed by atoms with van der Waals surface area (Å²) in [5.41, 5.74) is 1.04. The molecule has 5 nitrogen and oxygen atoms in total. The zero-order valence-electron chi connectivity index (χ0n) is 8.79. The summed E-state index contributed by atoms with van der Waals surface area (Å²) in [6.45, 7) is 2.10. The molecule has 0 aliphatic rings. The molecule has 0 spiro atoms. The first kappa shape index (κ1) is 10.6. The van der Waals surface area contributed by atoms with E-state index in [9.17, 15) is 4.79 Å². The van der Waals surface area contributed by atoms with Gasteiger partial charge in [-0.05, 0) is 6.42 Å². The van der Waals surface area contributed by atoms with Gasteiger partial charge in [-0.3, -0.25) is 10.4 Å². The van der Waals surface area contributed by atoms with Gasteiger partial charge in [-0.15, -0.1) is 0 Å². The Labute approximate surface area is 83.5 Å². The molecule has 0 aromatic carbocycles. The SMILES string of the molecule is CCCc1cc(NC(=O)N(C)C)n[nH]1. The van der Waals surface area contributed by atoms with Gasteiger partial charge in [0.15, 0.2) is 5.82 Å². The Morgan fingerprint density at radius 1 is 1.64 bits per heavy atom. The minimum absolute atomic E-state index is 0.167. The molecule has 1 rings (SSSR count). The van der Waals surface area contributed by atoms with Crippen LogP contribution < -0.4 is 5.32 Å². The third-order valence-corrected chi connectivity index (χ3v) is 1.79. The number of anilines is 1. The molecule has 1 aromatic heterocycles. The maximum Gasteiger partial charge on any atom is 0.322 e. The standard InChI is InChI=1S/C9H16N4O/c1-4-5-7-6-8(12-11-7)10-9(14)13(2)3/h6H,4-5H2,1-3H3,(H2,10,11,12,14). The number of nitrogens with one attached hydrogen (secondary N) is 2. The molecule has 2 N–H and O–H groups in total. The van der Waals surface area contributed by atoms with Crippen molar-refractivity contribution in [3.63, 3.8) is 0 Å². The minimum atomic E-state index is -0.167. The molecule has 0 aliphatic heterocycles. The van der Waals surface area contributed by atoms with Gasteiger partial charge in [0.25, 0.3) is 0 Å². The maximum atomic E-state index is 11.2. The van der Waals surface area contributed by atoms with Crippen molar-refractivity contribution < 1.29 is 4.79 Å². The van der Waals surface area contributed by atoms with E-state index in [1.54, 1.807) is 14.1 Å². The molecule has 1 heterocycles. The van der Waals surface area contributed by atoms with Crippen LogP contribution >= 0.6 is 0 Å². The van der Waals surface area contributed by atoms with E-state index in [2.05, 4.69) is 22.4 Å². The van der Waals surface area contributed by atoms with Crippen LogP contribution in [0.5, 0.6) is 0 Å². The number of aromatic amines is 1. The number of hydrogen-bond donors (Lipinski definition) is 2. The highest BCUT2D eigenvalue weighted by atomic mass is 16.2. The molecule has 5 heteroatoms. The molecule has 2 amide bonds. The summed E-state index contributed by atoms with van der Waals surface area (Å²) >= 11 is 0. The first-order chi connectivity index (χ1) is 6.63. The fraction of sp³-hybridized carbons (Fsp3) is 0.556. The van der Waals surface area contributed by atoms with Crippen molar-refractivity contribution in [3.05, 3.63) is 11.8 Å². The van der Waals surface area contributed by atoms with E-state index in [0.29, 0.717) is 5.82 Å². The molecule has 0 aliphatic carbocycles. The lowest BCUT2D eigenvalue weighted by molar-refractivity contribution is 0.230. The Morgan fingerprint density at radius 3 is 2.93 bits per heavy atom. The predicted molar refractivity (Wildman–Crippen MR) is 55.3 cm³/mol. The van der Waals surface area contributed by atoms with Crippen LogP contribution in [0.15, 0.2) is 6.07 Å². The first-order valence-corrected chi connectivity index (χ1v) is 4.66. The van der Waals surface area contributed by atoms with Crippen molar-refractivity contribution in [1.29, 1.82) is 0 Å². The molecular weight excluding hydrogens is 180 g/mol. The highest BCUT2D eigenvalue weighted by molar-refractivity contribution is 5.87. The summed E-state index contributed by atoms with van der Waals surface area (Å²) in [7, 11) is 3.38. The topological polar surface area (TPSA) is 61.0 Å². The number of aryl methyl sites for hydroxylation is 1. The second kappa shape index (κ2) is 4.64. The zero-order valence-corrected chi connectivity index (χ0v) is 8.79. The number of aromatic nitrogens is 2. The van der Waals surface area contributed by atoms with E-state index in [1.807, 2.05) is 6.07 Å². The van der Waals surface area contributed by atoms with Gasteiger partial charge in [-0.2, -0.15) is 5.10 Å². The van der Waals surface area contributed by atoms with E-state index in [1.165, 1.54) is 4.90 Å².